The van der Waals surface area contributed by atoms with E-state index in [0.29, 0.717) is 24.1 Å². The predicted molar refractivity (Wildman–Crippen MR) is 58.0 cm³/mol. The van der Waals surface area contributed by atoms with Gasteiger partial charge in [0, 0.05) is 13.6 Å². The predicted octanol–water partition coefficient (Wildman–Crippen LogP) is 0.539. The molecule has 6 heteroatoms. The number of rotatable bonds is 0. The van der Waals surface area contributed by atoms with Crippen molar-refractivity contribution in [2.75, 3.05) is 11.9 Å². The third-order valence-corrected chi connectivity index (χ3v) is 3.13. The second-order valence-electron chi connectivity index (χ2n) is 3.73. The van der Waals surface area contributed by atoms with Crippen LogP contribution >= 0.6 is 11.6 Å². The van der Waals surface area contributed by atoms with E-state index in [1.807, 2.05) is 11.5 Å². The minimum absolute atomic E-state index is 0.115. The minimum atomic E-state index is -0.465. The number of likely N-dealkylation sites (N-methyl/N-ethyl adjacent to an activating group) is 1. The van der Waals surface area contributed by atoms with Gasteiger partial charge >= 0.3 is 0 Å². The van der Waals surface area contributed by atoms with Gasteiger partial charge in [-0.3, -0.25) is 9.69 Å². The molecule has 82 valence electrons. The number of fused-ring (bicyclic) bond motifs is 1. The van der Waals surface area contributed by atoms with Crippen LogP contribution in [-0.2, 0) is 11.3 Å². The number of hydrogen-bond acceptors (Lipinski definition) is 3. The molecule has 2 rings (SSSR count). The van der Waals surface area contributed by atoms with E-state index in [4.69, 9.17) is 17.3 Å². The van der Waals surface area contributed by atoms with E-state index in [1.54, 1.807) is 7.05 Å². The van der Waals surface area contributed by atoms with Crippen LogP contribution in [0.2, 0.25) is 5.15 Å². The third kappa shape index (κ3) is 1.52. The van der Waals surface area contributed by atoms with Gasteiger partial charge in [-0.25, -0.2) is 4.98 Å². The van der Waals surface area contributed by atoms with Crippen LogP contribution in [0.4, 0.5) is 5.95 Å². The second-order valence-corrected chi connectivity index (χ2v) is 4.09. The molecule has 1 aromatic rings. The van der Waals surface area contributed by atoms with E-state index in [0.717, 1.165) is 5.69 Å². The zero-order chi connectivity index (χ0) is 11.2. The lowest BCUT2D eigenvalue weighted by Gasteiger charge is -2.15. The van der Waals surface area contributed by atoms with E-state index in [1.165, 1.54) is 4.90 Å². The van der Waals surface area contributed by atoms with Gasteiger partial charge in [-0.05, 0) is 13.3 Å². The van der Waals surface area contributed by atoms with Crippen molar-refractivity contribution in [2.24, 2.45) is 5.73 Å². The van der Waals surface area contributed by atoms with Crippen LogP contribution in [0.15, 0.2) is 0 Å². The highest BCUT2D eigenvalue weighted by molar-refractivity contribution is 6.30. The molecule has 0 radical (unpaired) electrons. The van der Waals surface area contributed by atoms with E-state index in [-0.39, 0.29) is 5.91 Å². The maximum absolute atomic E-state index is 11.7. The summed E-state index contributed by atoms with van der Waals surface area (Å²) in [5, 5.41) is 0.582. The molecule has 2 N–H and O–H groups in total. The first-order chi connectivity index (χ1) is 7.02. The standard InChI is InChI=1S/C9H13ClN4O/c1-5-7(10)14-4-3-6(11)8(15)13(2)9(14)12-5/h6H,3-4,11H2,1-2H3. The van der Waals surface area contributed by atoms with Crippen molar-refractivity contribution in [3.05, 3.63) is 10.8 Å². The topological polar surface area (TPSA) is 64.2 Å². The quantitative estimate of drug-likeness (QED) is 0.705. The van der Waals surface area contributed by atoms with Gasteiger partial charge in [0.05, 0.1) is 11.7 Å². The summed E-state index contributed by atoms with van der Waals surface area (Å²) in [5.41, 5.74) is 6.46. The number of aryl methyl sites for hydroxylation is 1. The lowest BCUT2D eigenvalue weighted by atomic mass is 10.2. The van der Waals surface area contributed by atoms with Crippen molar-refractivity contribution in [1.29, 1.82) is 0 Å². The Morgan fingerprint density at radius 2 is 2.27 bits per heavy atom. The van der Waals surface area contributed by atoms with Crippen LogP contribution in [0.1, 0.15) is 12.1 Å². The Morgan fingerprint density at radius 1 is 1.60 bits per heavy atom. The molecule has 1 atom stereocenters. The van der Waals surface area contributed by atoms with Gasteiger partial charge < -0.3 is 10.3 Å². The highest BCUT2D eigenvalue weighted by atomic mass is 35.5. The van der Waals surface area contributed by atoms with Gasteiger partial charge in [-0.1, -0.05) is 11.6 Å². The molecule has 1 unspecified atom stereocenters. The number of carbonyl (C=O) groups excluding carboxylic acids is 1. The molecule has 1 amide bonds. The molecule has 1 aliphatic heterocycles. The zero-order valence-corrected chi connectivity index (χ0v) is 9.45. The molecule has 0 aromatic carbocycles. The highest BCUT2D eigenvalue weighted by Crippen LogP contribution is 2.26. The summed E-state index contributed by atoms with van der Waals surface area (Å²) in [6.07, 6.45) is 0.589. The molecule has 0 saturated heterocycles. The maximum Gasteiger partial charge on any atom is 0.246 e. The van der Waals surface area contributed by atoms with Gasteiger partial charge in [-0.2, -0.15) is 0 Å². The molecule has 0 spiro atoms. The first-order valence-corrected chi connectivity index (χ1v) is 5.16. The van der Waals surface area contributed by atoms with Crippen LogP contribution < -0.4 is 10.6 Å². The monoisotopic (exact) mass is 228 g/mol. The minimum Gasteiger partial charge on any atom is -0.320 e. The molecular formula is C9H13ClN4O. The Hall–Kier alpha value is -1.07. The first-order valence-electron chi connectivity index (χ1n) is 4.78. The lowest BCUT2D eigenvalue weighted by molar-refractivity contribution is -0.119. The van der Waals surface area contributed by atoms with Crippen molar-refractivity contribution in [3.8, 4) is 0 Å². The largest absolute Gasteiger partial charge is 0.320 e. The van der Waals surface area contributed by atoms with Gasteiger partial charge in [0.15, 0.2) is 0 Å². The average Bonchev–Trinajstić information content (AvgIpc) is 2.45. The molecule has 0 aliphatic carbocycles. The number of aromatic nitrogens is 2. The SMILES string of the molecule is Cc1nc2n(c1Cl)CCC(N)C(=O)N2C. The Bertz CT molecular complexity index is 414. The van der Waals surface area contributed by atoms with E-state index in [9.17, 15) is 4.79 Å². The van der Waals surface area contributed by atoms with E-state index < -0.39 is 6.04 Å². The Labute approximate surface area is 92.8 Å². The Morgan fingerprint density at radius 3 is 2.93 bits per heavy atom. The summed E-state index contributed by atoms with van der Waals surface area (Å²) >= 11 is 6.08. The van der Waals surface area contributed by atoms with Crippen molar-refractivity contribution >= 4 is 23.5 Å². The summed E-state index contributed by atoms with van der Waals surface area (Å²) in [7, 11) is 1.67. The molecule has 1 aromatic heterocycles. The number of hydrogen-bond donors (Lipinski definition) is 1. The maximum atomic E-state index is 11.7. The summed E-state index contributed by atoms with van der Waals surface area (Å²) in [5.74, 6) is 0.464. The van der Waals surface area contributed by atoms with Gasteiger partial charge in [0.25, 0.3) is 0 Å². The summed E-state index contributed by atoms with van der Waals surface area (Å²) < 4.78 is 1.82. The fourth-order valence-corrected chi connectivity index (χ4v) is 1.94. The molecule has 0 fully saturated rings. The zero-order valence-electron chi connectivity index (χ0n) is 8.70. The van der Waals surface area contributed by atoms with Crippen molar-refractivity contribution in [2.45, 2.75) is 25.9 Å². The number of amides is 1. The lowest BCUT2D eigenvalue weighted by Crippen LogP contribution is -2.40. The van der Waals surface area contributed by atoms with E-state index >= 15 is 0 Å². The molecule has 0 bridgehead atoms. The number of nitrogens with zero attached hydrogens (tertiary/aromatic N) is 3. The number of anilines is 1. The molecular weight excluding hydrogens is 216 g/mol. The van der Waals surface area contributed by atoms with Crippen LogP contribution in [-0.4, -0.2) is 28.5 Å². The fraction of sp³-hybridized carbons (Fsp3) is 0.556. The number of halogens is 1. The third-order valence-electron chi connectivity index (χ3n) is 2.66. The van der Waals surface area contributed by atoms with Crippen molar-refractivity contribution in [1.82, 2.24) is 9.55 Å². The van der Waals surface area contributed by atoms with Crippen molar-refractivity contribution < 1.29 is 4.79 Å². The van der Waals surface area contributed by atoms with Crippen LogP contribution in [0.3, 0.4) is 0 Å². The normalized spacial score (nSPS) is 21.5. The summed E-state index contributed by atoms with van der Waals surface area (Å²) in [4.78, 5) is 17.5. The number of carbonyl (C=O) groups is 1. The average molecular weight is 229 g/mol. The van der Waals surface area contributed by atoms with Crippen LogP contribution in [0, 0.1) is 6.92 Å². The molecule has 1 aliphatic rings. The Balaban J connectivity index is 2.51. The molecule has 0 saturated carbocycles. The molecule has 2 heterocycles. The number of nitrogens with two attached hydrogens (primary N) is 1. The molecule has 15 heavy (non-hydrogen) atoms. The van der Waals surface area contributed by atoms with Gasteiger partial charge in [-0.15, -0.1) is 0 Å². The fourth-order valence-electron chi connectivity index (χ4n) is 1.73. The highest BCUT2D eigenvalue weighted by Gasteiger charge is 2.28. The Kier molecular flexibility index (Phi) is 2.44. The van der Waals surface area contributed by atoms with Crippen LogP contribution in [0.25, 0.3) is 0 Å². The molecule has 5 nitrogen and oxygen atoms in total. The van der Waals surface area contributed by atoms with Crippen molar-refractivity contribution in [3.63, 3.8) is 0 Å². The van der Waals surface area contributed by atoms with E-state index in [2.05, 4.69) is 4.98 Å². The first kappa shape index (κ1) is 10.4. The summed E-state index contributed by atoms with van der Waals surface area (Å²) in [6.45, 7) is 2.45. The second kappa shape index (κ2) is 3.50. The smallest absolute Gasteiger partial charge is 0.246 e. The number of imidazole rings is 1. The van der Waals surface area contributed by atoms with Crippen LogP contribution in [0.5, 0.6) is 0 Å². The summed E-state index contributed by atoms with van der Waals surface area (Å²) in [6, 6.07) is -0.465. The van der Waals surface area contributed by atoms with Gasteiger partial charge in [0.1, 0.15) is 5.15 Å². The van der Waals surface area contributed by atoms with Gasteiger partial charge in [0.2, 0.25) is 11.9 Å².